The molecule has 0 aliphatic rings. The zero-order valence-electron chi connectivity index (χ0n) is 15.2. The number of nitrogens with zero attached hydrogens (tertiary/aromatic N) is 3. The molecule has 1 aromatic carbocycles. The van der Waals surface area contributed by atoms with E-state index in [0.29, 0.717) is 23.0 Å². The van der Waals surface area contributed by atoms with Crippen molar-refractivity contribution in [2.75, 3.05) is 5.32 Å². The number of nitrogens with one attached hydrogen (secondary N) is 1. The average molecular weight is 346 g/mol. The van der Waals surface area contributed by atoms with Crippen LogP contribution >= 0.6 is 0 Å². The molecule has 0 aliphatic heterocycles. The highest BCUT2D eigenvalue weighted by atomic mass is 16.1. The minimum atomic E-state index is -0.125. The molecular formula is C21H22N4O. The lowest BCUT2D eigenvalue weighted by molar-refractivity contribution is 0.103. The first kappa shape index (κ1) is 17.7. The van der Waals surface area contributed by atoms with Crippen molar-refractivity contribution in [3.63, 3.8) is 0 Å². The van der Waals surface area contributed by atoms with Crippen molar-refractivity contribution in [2.24, 2.45) is 5.92 Å². The monoisotopic (exact) mass is 346 g/mol. The molecule has 132 valence electrons. The van der Waals surface area contributed by atoms with Crippen molar-refractivity contribution >= 4 is 17.4 Å². The summed E-state index contributed by atoms with van der Waals surface area (Å²) in [5.74, 6) is 0.965. The SMILES string of the molecule is Cc1ccncc1C(=O)c1cnc(Nc2ccc(CC(C)C)cc2)nc1. The highest BCUT2D eigenvalue weighted by Crippen LogP contribution is 2.17. The van der Waals surface area contributed by atoms with Gasteiger partial charge in [0, 0.05) is 36.0 Å². The molecule has 26 heavy (non-hydrogen) atoms. The molecular weight excluding hydrogens is 324 g/mol. The molecule has 0 atom stereocenters. The first-order valence-electron chi connectivity index (χ1n) is 8.66. The van der Waals surface area contributed by atoms with Gasteiger partial charge in [-0.05, 0) is 48.6 Å². The van der Waals surface area contributed by atoms with Crippen molar-refractivity contribution in [3.8, 4) is 0 Å². The lowest BCUT2D eigenvalue weighted by Crippen LogP contribution is -2.06. The van der Waals surface area contributed by atoms with Gasteiger partial charge in [0.2, 0.25) is 5.95 Å². The Morgan fingerprint density at radius 3 is 2.35 bits per heavy atom. The van der Waals surface area contributed by atoms with Crippen molar-refractivity contribution in [1.82, 2.24) is 15.0 Å². The summed E-state index contributed by atoms with van der Waals surface area (Å²) < 4.78 is 0. The van der Waals surface area contributed by atoms with Gasteiger partial charge in [-0.25, -0.2) is 9.97 Å². The summed E-state index contributed by atoms with van der Waals surface area (Å²) in [7, 11) is 0. The van der Waals surface area contributed by atoms with Crippen molar-refractivity contribution in [2.45, 2.75) is 27.2 Å². The fourth-order valence-electron chi connectivity index (χ4n) is 2.69. The average Bonchev–Trinajstić information content (AvgIpc) is 2.63. The molecule has 5 heteroatoms. The van der Waals surface area contributed by atoms with Crippen LogP contribution in [0.5, 0.6) is 0 Å². The Labute approximate surface area is 153 Å². The molecule has 1 N–H and O–H groups in total. The maximum absolute atomic E-state index is 12.5. The van der Waals surface area contributed by atoms with Gasteiger partial charge in [-0.15, -0.1) is 0 Å². The highest BCUT2D eigenvalue weighted by molar-refractivity contribution is 6.09. The number of aromatic nitrogens is 3. The number of benzene rings is 1. The van der Waals surface area contributed by atoms with E-state index in [1.54, 1.807) is 12.4 Å². The number of carbonyl (C=O) groups is 1. The van der Waals surface area contributed by atoms with Crippen LogP contribution in [0.3, 0.4) is 0 Å². The van der Waals surface area contributed by atoms with E-state index < -0.39 is 0 Å². The fourth-order valence-corrected chi connectivity index (χ4v) is 2.69. The number of rotatable bonds is 6. The zero-order chi connectivity index (χ0) is 18.5. The molecule has 3 aromatic rings. The first-order chi connectivity index (χ1) is 12.5. The second kappa shape index (κ2) is 7.87. The maximum atomic E-state index is 12.5. The maximum Gasteiger partial charge on any atom is 0.227 e. The van der Waals surface area contributed by atoms with Crippen LogP contribution in [0.2, 0.25) is 0 Å². The molecule has 0 spiro atoms. The predicted molar refractivity (Wildman–Crippen MR) is 103 cm³/mol. The van der Waals surface area contributed by atoms with Crippen molar-refractivity contribution < 1.29 is 4.79 Å². The molecule has 2 aromatic heterocycles. The van der Waals surface area contributed by atoms with Crippen LogP contribution in [0.1, 0.15) is 40.9 Å². The number of aryl methyl sites for hydroxylation is 1. The minimum absolute atomic E-state index is 0.125. The summed E-state index contributed by atoms with van der Waals surface area (Å²) in [6.07, 6.45) is 7.38. The van der Waals surface area contributed by atoms with Crippen molar-refractivity contribution in [1.29, 1.82) is 0 Å². The largest absolute Gasteiger partial charge is 0.324 e. The minimum Gasteiger partial charge on any atom is -0.324 e. The van der Waals surface area contributed by atoms with E-state index in [9.17, 15) is 4.79 Å². The van der Waals surface area contributed by atoms with Crippen LogP contribution in [0, 0.1) is 12.8 Å². The van der Waals surface area contributed by atoms with E-state index in [1.807, 2.05) is 25.1 Å². The van der Waals surface area contributed by atoms with Crippen LogP contribution in [0.4, 0.5) is 11.6 Å². The number of anilines is 2. The van der Waals surface area contributed by atoms with E-state index in [0.717, 1.165) is 17.7 Å². The molecule has 3 rings (SSSR count). The zero-order valence-corrected chi connectivity index (χ0v) is 15.2. The normalized spacial score (nSPS) is 10.8. The number of hydrogen-bond donors (Lipinski definition) is 1. The Hall–Kier alpha value is -3.08. The third-order valence-corrected chi connectivity index (χ3v) is 4.05. The molecule has 5 nitrogen and oxygen atoms in total. The van der Waals surface area contributed by atoms with Gasteiger partial charge >= 0.3 is 0 Å². The van der Waals surface area contributed by atoms with E-state index in [4.69, 9.17) is 0 Å². The Morgan fingerprint density at radius 2 is 1.73 bits per heavy atom. The Bertz CT molecular complexity index is 887. The summed E-state index contributed by atoms with van der Waals surface area (Å²) in [6, 6.07) is 10.0. The fraction of sp³-hybridized carbons (Fsp3) is 0.238. The van der Waals surface area contributed by atoms with Gasteiger partial charge < -0.3 is 5.32 Å². The van der Waals surface area contributed by atoms with Crippen LogP contribution in [-0.4, -0.2) is 20.7 Å². The highest BCUT2D eigenvalue weighted by Gasteiger charge is 2.13. The van der Waals surface area contributed by atoms with Crippen LogP contribution in [0.15, 0.2) is 55.1 Å². The van der Waals surface area contributed by atoms with Gasteiger partial charge in [0.05, 0.1) is 5.56 Å². The van der Waals surface area contributed by atoms with Gasteiger partial charge in [-0.3, -0.25) is 9.78 Å². The number of carbonyl (C=O) groups excluding carboxylic acids is 1. The quantitative estimate of drug-likeness (QED) is 0.672. The molecule has 0 unspecified atom stereocenters. The van der Waals surface area contributed by atoms with E-state index in [2.05, 4.69) is 46.2 Å². The molecule has 0 fully saturated rings. The van der Waals surface area contributed by atoms with Gasteiger partial charge in [-0.1, -0.05) is 26.0 Å². The van der Waals surface area contributed by atoms with Crippen molar-refractivity contribution in [3.05, 3.63) is 77.4 Å². The van der Waals surface area contributed by atoms with Crippen LogP contribution in [0.25, 0.3) is 0 Å². The molecule has 0 saturated heterocycles. The Morgan fingerprint density at radius 1 is 1.04 bits per heavy atom. The summed E-state index contributed by atoms with van der Waals surface area (Å²) in [5.41, 5.74) is 4.11. The molecule has 0 saturated carbocycles. The summed E-state index contributed by atoms with van der Waals surface area (Å²) in [6.45, 7) is 6.29. The number of hydrogen-bond acceptors (Lipinski definition) is 5. The Balaban J connectivity index is 1.70. The van der Waals surface area contributed by atoms with Gasteiger partial charge in [0.1, 0.15) is 0 Å². The second-order valence-corrected chi connectivity index (χ2v) is 6.73. The third-order valence-electron chi connectivity index (χ3n) is 4.05. The predicted octanol–water partition coefficient (Wildman–Crippen LogP) is 4.35. The van der Waals surface area contributed by atoms with E-state index in [1.165, 1.54) is 18.0 Å². The summed E-state index contributed by atoms with van der Waals surface area (Å²) >= 11 is 0. The van der Waals surface area contributed by atoms with Crippen LogP contribution < -0.4 is 5.32 Å². The lowest BCUT2D eigenvalue weighted by Gasteiger charge is -2.08. The summed E-state index contributed by atoms with van der Waals surface area (Å²) in [4.78, 5) is 25.1. The van der Waals surface area contributed by atoms with Gasteiger partial charge in [-0.2, -0.15) is 0 Å². The topological polar surface area (TPSA) is 67.8 Å². The number of pyridine rings is 1. The lowest BCUT2D eigenvalue weighted by atomic mass is 10.0. The first-order valence-corrected chi connectivity index (χ1v) is 8.66. The second-order valence-electron chi connectivity index (χ2n) is 6.73. The Kier molecular flexibility index (Phi) is 5.37. The molecule has 0 amide bonds. The molecule has 0 radical (unpaired) electrons. The van der Waals surface area contributed by atoms with Crippen LogP contribution in [-0.2, 0) is 6.42 Å². The van der Waals surface area contributed by atoms with E-state index in [-0.39, 0.29) is 5.78 Å². The third kappa shape index (κ3) is 4.30. The van der Waals surface area contributed by atoms with Gasteiger partial charge in [0.15, 0.2) is 5.78 Å². The van der Waals surface area contributed by atoms with E-state index >= 15 is 0 Å². The molecule has 2 heterocycles. The smallest absolute Gasteiger partial charge is 0.227 e. The standard InChI is InChI=1S/C21H22N4O/c1-14(2)10-16-4-6-18(7-5-16)25-21-23-11-17(12-24-21)20(26)19-13-22-9-8-15(19)3/h4-9,11-14H,10H2,1-3H3,(H,23,24,25). The molecule has 0 aliphatic carbocycles. The molecule has 0 bridgehead atoms. The summed E-state index contributed by atoms with van der Waals surface area (Å²) in [5, 5.41) is 3.16. The number of ketones is 1. The van der Waals surface area contributed by atoms with Gasteiger partial charge in [0.25, 0.3) is 0 Å².